The molecule has 1 amide bonds. The topological polar surface area (TPSA) is 138 Å². The van der Waals surface area contributed by atoms with E-state index in [1.54, 1.807) is 31.8 Å². The molecule has 4 N–H and O–H groups in total. The van der Waals surface area contributed by atoms with E-state index in [9.17, 15) is 15.0 Å². The molecule has 1 unspecified atom stereocenters. The normalized spacial score (nSPS) is 30.1. The SMILES string of the molecule is CNC(=O)[C@@H]1[C@@H](O)[C@@H](O)[C@H](n2cnc3c(NC4CCC4)nc(C#Cc4ccco4)nc32)C2C[C@H]21. The summed E-state index contributed by atoms with van der Waals surface area (Å²) in [5.41, 5.74) is 1.14. The molecule has 0 radical (unpaired) electrons. The van der Waals surface area contributed by atoms with Crippen molar-refractivity contribution in [1.82, 2.24) is 24.8 Å². The number of carbonyl (C=O) groups is 1. The molecule has 6 rings (SSSR count). The smallest absolute Gasteiger partial charge is 0.225 e. The number of nitrogens with zero attached hydrogens (tertiary/aromatic N) is 4. The van der Waals surface area contributed by atoms with Crippen molar-refractivity contribution in [3.63, 3.8) is 0 Å². The Balaban J connectivity index is 1.40. The molecule has 176 valence electrons. The molecule has 10 heteroatoms. The number of nitrogens with one attached hydrogen (secondary N) is 2. The van der Waals surface area contributed by atoms with E-state index in [0.29, 0.717) is 34.6 Å². The van der Waals surface area contributed by atoms with Gasteiger partial charge in [-0.2, -0.15) is 0 Å². The Kier molecular flexibility index (Phi) is 5.04. The van der Waals surface area contributed by atoms with Gasteiger partial charge in [-0.15, -0.1) is 0 Å². The average Bonchev–Trinajstić information content (AvgIpc) is 3.20. The van der Waals surface area contributed by atoms with Gasteiger partial charge >= 0.3 is 0 Å². The second-order valence-electron chi connectivity index (χ2n) is 9.39. The number of furan rings is 1. The van der Waals surface area contributed by atoms with Crippen molar-refractivity contribution < 1.29 is 19.4 Å². The van der Waals surface area contributed by atoms with Crippen LogP contribution in [0.3, 0.4) is 0 Å². The lowest BCUT2D eigenvalue weighted by molar-refractivity contribution is -0.139. The van der Waals surface area contributed by atoms with Gasteiger partial charge in [0.25, 0.3) is 0 Å². The fourth-order valence-corrected chi connectivity index (χ4v) is 5.35. The summed E-state index contributed by atoms with van der Waals surface area (Å²) in [7, 11) is 1.55. The highest BCUT2D eigenvalue weighted by Crippen LogP contribution is 2.58. The van der Waals surface area contributed by atoms with Crippen LogP contribution in [0, 0.1) is 29.6 Å². The molecule has 3 aromatic rings. The van der Waals surface area contributed by atoms with Crippen LogP contribution in [0.5, 0.6) is 0 Å². The first-order chi connectivity index (χ1) is 16.5. The quantitative estimate of drug-likeness (QED) is 0.422. The molecule has 3 heterocycles. The predicted octanol–water partition coefficient (Wildman–Crippen LogP) is 1.06. The van der Waals surface area contributed by atoms with E-state index in [4.69, 9.17) is 4.42 Å². The second kappa shape index (κ2) is 8.11. The zero-order chi connectivity index (χ0) is 23.4. The number of carbonyl (C=O) groups excluding carboxylic acids is 1. The van der Waals surface area contributed by atoms with E-state index in [1.807, 2.05) is 4.57 Å². The first kappa shape index (κ1) is 21.1. The van der Waals surface area contributed by atoms with Crippen molar-refractivity contribution in [2.75, 3.05) is 12.4 Å². The number of fused-ring (bicyclic) bond motifs is 2. The highest BCUT2D eigenvalue weighted by atomic mass is 16.3. The number of aliphatic hydroxyl groups excluding tert-OH is 2. The lowest BCUT2D eigenvalue weighted by Gasteiger charge is -2.36. The van der Waals surface area contributed by atoms with E-state index in [1.165, 1.54) is 6.42 Å². The van der Waals surface area contributed by atoms with E-state index in [-0.39, 0.29) is 17.7 Å². The van der Waals surface area contributed by atoms with Crippen molar-refractivity contribution in [3.05, 3.63) is 36.3 Å². The largest absolute Gasteiger partial charge is 0.456 e. The number of rotatable bonds is 4. The van der Waals surface area contributed by atoms with Crippen LogP contribution >= 0.6 is 0 Å². The second-order valence-corrected chi connectivity index (χ2v) is 9.39. The summed E-state index contributed by atoms with van der Waals surface area (Å²) < 4.78 is 7.12. The van der Waals surface area contributed by atoms with E-state index < -0.39 is 24.2 Å². The van der Waals surface area contributed by atoms with Gasteiger partial charge in [-0.3, -0.25) is 4.79 Å². The third kappa shape index (κ3) is 3.43. The zero-order valence-corrected chi connectivity index (χ0v) is 18.7. The number of aliphatic hydroxyl groups is 2. The van der Waals surface area contributed by atoms with E-state index >= 15 is 0 Å². The molecule has 0 saturated heterocycles. The number of hydrogen-bond donors (Lipinski definition) is 4. The van der Waals surface area contributed by atoms with Crippen molar-refractivity contribution >= 4 is 22.9 Å². The maximum atomic E-state index is 12.3. The van der Waals surface area contributed by atoms with Crippen molar-refractivity contribution in [3.8, 4) is 11.8 Å². The number of amides is 1. The Morgan fingerprint density at radius 2 is 2.06 bits per heavy atom. The molecular weight excluding hydrogens is 436 g/mol. The highest BCUT2D eigenvalue weighted by Gasteiger charge is 2.61. The molecule has 0 aliphatic heterocycles. The minimum atomic E-state index is -1.17. The molecule has 3 saturated carbocycles. The van der Waals surface area contributed by atoms with Crippen molar-refractivity contribution in [1.29, 1.82) is 0 Å². The predicted molar refractivity (Wildman–Crippen MR) is 121 cm³/mol. The summed E-state index contributed by atoms with van der Waals surface area (Å²) in [6.45, 7) is 0. The van der Waals surface area contributed by atoms with E-state index in [0.717, 1.165) is 19.3 Å². The Hall–Kier alpha value is -3.42. The van der Waals surface area contributed by atoms with Crippen LogP contribution < -0.4 is 10.6 Å². The minimum absolute atomic E-state index is 0.00780. The molecule has 3 aliphatic carbocycles. The Labute approximate surface area is 195 Å². The van der Waals surface area contributed by atoms with Crippen LogP contribution in [0.2, 0.25) is 0 Å². The zero-order valence-electron chi connectivity index (χ0n) is 18.7. The van der Waals surface area contributed by atoms with Crippen molar-refractivity contribution in [2.24, 2.45) is 17.8 Å². The molecule has 0 bridgehead atoms. The van der Waals surface area contributed by atoms with Crippen LogP contribution in [0.1, 0.15) is 43.3 Å². The fraction of sp³-hybridized carbons (Fsp3) is 0.500. The monoisotopic (exact) mass is 462 g/mol. The maximum absolute atomic E-state index is 12.3. The summed E-state index contributed by atoms with van der Waals surface area (Å²) >= 11 is 0. The molecule has 0 aromatic carbocycles. The first-order valence-corrected chi connectivity index (χ1v) is 11.7. The van der Waals surface area contributed by atoms with Gasteiger partial charge in [-0.05, 0) is 61.5 Å². The molecule has 3 aliphatic rings. The van der Waals surface area contributed by atoms with Gasteiger partial charge in [0.15, 0.2) is 22.7 Å². The van der Waals surface area contributed by atoms with E-state index in [2.05, 4.69) is 37.4 Å². The summed E-state index contributed by atoms with van der Waals surface area (Å²) in [6, 6.07) is 3.42. The molecule has 6 atom stereocenters. The van der Waals surface area contributed by atoms with Gasteiger partial charge in [-0.25, -0.2) is 15.0 Å². The number of imidazole rings is 1. The van der Waals surface area contributed by atoms with Gasteiger partial charge in [-0.1, -0.05) is 0 Å². The van der Waals surface area contributed by atoms with Gasteiger partial charge in [0, 0.05) is 13.1 Å². The summed E-state index contributed by atoms with van der Waals surface area (Å²) in [5.74, 6) is 6.54. The lowest BCUT2D eigenvalue weighted by Crippen LogP contribution is -2.50. The fourth-order valence-electron chi connectivity index (χ4n) is 5.35. The van der Waals surface area contributed by atoms with Crippen LogP contribution in [0.4, 0.5) is 5.82 Å². The summed E-state index contributed by atoms with van der Waals surface area (Å²) in [6.07, 6.45) is 4.96. The molecule has 3 fully saturated rings. The van der Waals surface area contributed by atoms with Crippen LogP contribution in [-0.4, -0.2) is 60.9 Å². The highest BCUT2D eigenvalue weighted by molar-refractivity contribution is 5.84. The Bertz CT molecular complexity index is 1290. The Morgan fingerprint density at radius 3 is 2.76 bits per heavy atom. The lowest BCUT2D eigenvalue weighted by atomic mass is 9.80. The standard InChI is InChI=1S/C24H26N6O4/c1-25-24(33)17-14-10-15(14)19(21(32)20(17)31)30-11-26-18-22(27-12-4-2-5-12)28-16(29-23(18)30)8-7-13-6-3-9-34-13/h3,6,9,11-12,14-15,17,19-21,31-32H,2,4-5,10H2,1H3,(H,25,33)(H,27,28,29)/t14-,15?,17+,19-,20-,21+/m1/s1. The number of anilines is 1. The van der Waals surface area contributed by atoms with Crippen LogP contribution in [-0.2, 0) is 4.79 Å². The molecule has 34 heavy (non-hydrogen) atoms. The molecular formula is C24H26N6O4. The molecule has 10 nitrogen and oxygen atoms in total. The maximum Gasteiger partial charge on any atom is 0.225 e. The van der Waals surface area contributed by atoms with Crippen LogP contribution in [0.15, 0.2) is 29.1 Å². The Morgan fingerprint density at radius 1 is 1.21 bits per heavy atom. The number of hydrogen-bond acceptors (Lipinski definition) is 8. The molecule has 0 spiro atoms. The number of aromatic nitrogens is 4. The van der Waals surface area contributed by atoms with Gasteiger partial charge < -0.3 is 29.8 Å². The first-order valence-electron chi connectivity index (χ1n) is 11.7. The third-order valence-corrected chi connectivity index (χ3v) is 7.42. The average molecular weight is 463 g/mol. The molecule has 3 aromatic heterocycles. The third-order valence-electron chi connectivity index (χ3n) is 7.42. The minimum Gasteiger partial charge on any atom is -0.456 e. The van der Waals surface area contributed by atoms with Gasteiger partial charge in [0.2, 0.25) is 11.7 Å². The summed E-state index contributed by atoms with van der Waals surface area (Å²) in [5, 5.41) is 27.9. The van der Waals surface area contributed by atoms with Crippen molar-refractivity contribution in [2.45, 2.75) is 50.0 Å². The van der Waals surface area contributed by atoms with Crippen LogP contribution in [0.25, 0.3) is 11.2 Å². The van der Waals surface area contributed by atoms with Gasteiger partial charge in [0.05, 0.1) is 30.7 Å². The van der Waals surface area contributed by atoms with Gasteiger partial charge in [0.1, 0.15) is 6.10 Å². The summed E-state index contributed by atoms with van der Waals surface area (Å²) in [4.78, 5) is 26.2.